The number of rotatable bonds is 5. The van der Waals surface area contributed by atoms with Crippen LogP contribution in [0.4, 0.5) is 0 Å². The van der Waals surface area contributed by atoms with Crippen molar-refractivity contribution in [3.05, 3.63) is 104 Å². The first-order valence-electron chi connectivity index (χ1n) is 11.4. The summed E-state index contributed by atoms with van der Waals surface area (Å²) < 4.78 is 12.8. The zero-order valence-corrected chi connectivity index (χ0v) is 22.1. The van der Waals surface area contributed by atoms with Gasteiger partial charge in [0.25, 0.3) is 5.56 Å². The largest absolute Gasteiger partial charge is 0.464 e. The van der Waals surface area contributed by atoms with Crippen LogP contribution in [-0.4, -0.2) is 29.2 Å². The van der Waals surface area contributed by atoms with Gasteiger partial charge in [0.15, 0.2) is 0 Å². The maximum atomic E-state index is 13.7. The summed E-state index contributed by atoms with van der Waals surface area (Å²) in [7, 11) is 1.30. The van der Waals surface area contributed by atoms with Crippen LogP contribution in [0.2, 0.25) is 0 Å². The van der Waals surface area contributed by atoms with E-state index in [0.717, 1.165) is 15.6 Å². The van der Waals surface area contributed by atoms with Crippen LogP contribution in [0.15, 0.2) is 82.1 Å². The standard InChI is InChI=1S/C29H26BrNO5/c1-29(2,3)36-27(33)20-12-10-18(11-13-20)17-31-25(28(34)35-4)24(19-8-6-5-7-9-19)23-16-21(30)14-15-22(23)26(31)32/h5-16H,17H2,1-4H3. The maximum Gasteiger partial charge on any atom is 0.355 e. The fourth-order valence-electron chi connectivity index (χ4n) is 4.04. The minimum absolute atomic E-state index is 0.115. The molecule has 0 saturated heterocycles. The van der Waals surface area contributed by atoms with E-state index in [9.17, 15) is 14.4 Å². The summed E-state index contributed by atoms with van der Waals surface area (Å²) in [5.41, 5.74) is 1.79. The highest BCUT2D eigenvalue weighted by molar-refractivity contribution is 9.10. The monoisotopic (exact) mass is 547 g/mol. The van der Waals surface area contributed by atoms with Gasteiger partial charge in [-0.05, 0) is 67.6 Å². The Kier molecular flexibility index (Phi) is 7.13. The van der Waals surface area contributed by atoms with Gasteiger partial charge in [-0.3, -0.25) is 9.36 Å². The molecule has 0 aliphatic heterocycles. The van der Waals surface area contributed by atoms with Crippen molar-refractivity contribution in [2.45, 2.75) is 32.9 Å². The highest BCUT2D eigenvalue weighted by Crippen LogP contribution is 2.33. The van der Waals surface area contributed by atoms with E-state index in [1.165, 1.54) is 11.7 Å². The summed E-state index contributed by atoms with van der Waals surface area (Å²) in [6.45, 7) is 5.54. The number of hydrogen-bond acceptors (Lipinski definition) is 5. The van der Waals surface area contributed by atoms with Crippen LogP contribution < -0.4 is 5.56 Å². The zero-order chi connectivity index (χ0) is 26.0. The second kappa shape index (κ2) is 10.1. The second-order valence-corrected chi connectivity index (χ2v) is 10.3. The number of aromatic nitrogens is 1. The Morgan fingerprint density at radius 2 is 1.56 bits per heavy atom. The SMILES string of the molecule is COC(=O)c1c(-c2ccccc2)c2cc(Br)ccc2c(=O)n1Cc1ccc(C(=O)OC(C)(C)C)cc1. The van der Waals surface area contributed by atoms with Crippen molar-refractivity contribution in [2.24, 2.45) is 0 Å². The van der Waals surface area contributed by atoms with Gasteiger partial charge in [0.1, 0.15) is 11.3 Å². The zero-order valence-electron chi connectivity index (χ0n) is 20.5. The summed E-state index contributed by atoms with van der Waals surface area (Å²) >= 11 is 3.49. The lowest BCUT2D eigenvalue weighted by Gasteiger charge is -2.20. The third-order valence-electron chi connectivity index (χ3n) is 5.60. The summed E-state index contributed by atoms with van der Waals surface area (Å²) in [5, 5.41) is 1.13. The number of carbonyl (C=O) groups excluding carboxylic acids is 2. The number of benzene rings is 3. The number of methoxy groups -OCH3 is 1. The number of ether oxygens (including phenoxy) is 2. The van der Waals surface area contributed by atoms with Crippen molar-refractivity contribution in [1.82, 2.24) is 4.57 Å². The number of fused-ring (bicyclic) bond motifs is 1. The van der Waals surface area contributed by atoms with E-state index < -0.39 is 17.5 Å². The summed E-state index contributed by atoms with van der Waals surface area (Å²) in [6.07, 6.45) is 0. The predicted molar refractivity (Wildman–Crippen MR) is 143 cm³/mol. The first kappa shape index (κ1) is 25.4. The number of halogens is 1. The maximum absolute atomic E-state index is 13.7. The van der Waals surface area contributed by atoms with E-state index in [0.29, 0.717) is 21.9 Å². The molecule has 0 fully saturated rings. The molecular weight excluding hydrogens is 522 g/mol. The van der Waals surface area contributed by atoms with Crippen molar-refractivity contribution in [3.8, 4) is 11.1 Å². The Labute approximate surface area is 217 Å². The molecule has 4 aromatic rings. The van der Waals surface area contributed by atoms with Gasteiger partial charge in [0.05, 0.1) is 19.2 Å². The second-order valence-electron chi connectivity index (χ2n) is 9.36. The smallest absolute Gasteiger partial charge is 0.355 e. The van der Waals surface area contributed by atoms with Gasteiger partial charge < -0.3 is 9.47 Å². The molecular formula is C29H26BrNO5. The van der Waals surface area contributed by atoms with Crippen LogP contribution in [0.3, 0.4) is 0 Å². The quantitative estimate of drug-likeness (QED) is 0.277. The lowest BCUT2D eigenvalue weighted by molar-refractivity contribution is 0.00693. The molecule has 1 heterocycles. The Morgan fingerprint density at radius 1 is 0.889 bits per heavy atom. The number of nitrogens with zero attached hydrogens (tertiary/aromatic N) is 1. The van der Waals surface area contributed by atoms with Crippen molar-refractivity contribution >= 4 is 38.6 Å². The molecule has 0 saturated carbocycles. The molecule has 0 aliphatic carbocycles. The molecule has 0 amide bonds. The molecule has 6 nitrogen and oxygen atoms in total. The molecule has 0 bridgehead atoms. The van der Waals surface area contributed by atoms with Crippen molar-refractivity contribution < 1.29 is 19.1 Å². The minimum Gasteiger partial charge on any atom is -0.464 e. The lowest BCUT2D eigenvalue weighted by atomic mass is 9.96. The lowest BCUT2D eigenvalue weighted by Crippen LogP contribution is -2.28. The third-order valence-corrected chi connectivity index (χ3v) is 6.10. The van der Waals surface area contributed by atoms with Crippen LogP contribution in [0, 0.1) is 0 Å². The van der Waals surface area contributed by atoms with Crippen LogP contribution in [0.25, 0.3) is 21.9 Å². The third kappa shape index (κ3) is 5.26. The van der Waals surface area contributed by atoms with Crippen LogP contribution in [-0.2, 0) is 16.0 Å². The van der Waals surface area contributed by atoms with E-state index in [1.54, 1.807) is 36.4 Å². The average molecular weight is 548 g/mol. The van der Waals surface area contributed by atoms with E-state index in [-0.39, 0.29) is 17.8 Å². The molecule has 0 radical (unpaired) electrons. The van der Waals surface area contributed by atoms with Gasteiger partial charge in [0, 0.05) is 15.4 Å². The topological polar surface area (TPSA) is 74.6 Å². The first-order chi connectivity index (χ1) is 17.1. The highest BCUT2D eigenvalue weighted by Gasteiger charge is 2.24. The number of esters is 2. The molecule has 0 spiro atoms. The molecule has 0 aliphatic rings. The van der Waals surface area contributed by atoms with Crippen LogP contribution in [0.5, 0.6) is 0 Å². The van der Waals surface area contributed by atoms with Crippen molar-refractivity contribution in [3.63, 3.8) is 0 Å². The van der Waals surface area contributed by atoms with Gasteiger partial charge in [-0.1, -0.05) is 58.4 Å². The molecule has 184 valence electrons. The number of hydrogen-bond donors (Lipinski definition) is 0. The van der Waals surface area contributed by atoms with Crippen molar-refractivity contribution in [1.29, 1.82) is 0 Å². The Morgan fingerprint density at radius 3 is 2.17 bits per heavy atom. The van der Waals surface area contributed by atoms with E-state index in [2.05, 4.69) is 15.9 Å². The molecule has 4 rings (SSSR count). The molecule has 7 heteroatoms. The molecule has 0 N–H and O–H groups in total. The Balaban J connectivity index is 1.89. The Bertz CT molecular complexity index is 1500. The van der Waals surface area contributed by atoms with Crippen molar-refractivity contribution in [2.75, 3.05) is 7.11 Å². The van der Waals surface area contributed by atoms with Gasteiger partial charge in [-0.15, -0.1) is 0 Å². The van der Waals surface area contributed by atoms with Gasteiger partial charge in [-0.25, -0.2) is 9.59 Å². The highest BCUT2D eigenvalue weighted by atomic mass is 79.9. The van der Waals surface area contributed by atoms with Gasteiger partial charge in [0.2, 0.25) is 0 Å². The summed E-state index contributed by atoms with van der Waals surface area (Å²) in [5.74, 6) is -1.04. The normalized spacial score (nSPS) is 11.4. The Hall–Kier alpha value is -3.71. The summed E-state index contributed by atoms with van der Waals surface area (Å²) in [4.78, 5) is 39.2. The van der Waals surface area contributed by atoms with Gasteiger partial charge in [-0.2, -0.15) is 0 Å². The molecule has 36 heavy (non-hydrogen) atoms. The summed E-state index contributed by atoms with van der Waals surface area (Å²) in [6, 6.07) is 21.6. The average Bonchev–Trinajstić information content (AvgIpc) is 2.84. The molecule has 3 aromatic carbocycles. The van der Waals surface area contributed by atoms with Crippen LogP contribution >= 0.6 is 15.9 Å². The molecule has 0 unspecified atom stereocenters. The molecule has 1 aromatic heterocycles. The fourth-order valence-corrected chi connectivity index (χ4v) is 4.40. The van der Waals surface area contributed by atoms with E-state index in [1.807, 2.05) is 57.2 Å². The van der Waals surface area contributed by atoms with Crippen LogP contribution in [0.1, 0.15) is 47.2 Å². The number of pyridine rings is 1. The first-order valence-corrected chi connectivity index (χ1v) is 12.2. The number of carbonyl (C=O) groups is 2. The fraction of sp³-hybridized carbons (Fsp3) is 0.207. The van der Waals surface area contributed by atoms with E-state index >= 15 is 0 Å². The minimum atomic E-state index is -0.613. The van der Waals surface area contributed by atoms with Gasteiger partial charge >= 0.3 is 11.9 Å². The van der Waals surface area contributed by atoms with E-state index in [4.69, 9.17) is 9.47 Å². The molecule has 0 atom stereocenters. The predicted octanol–water partition coefficient (Wildman–Crippen LogP) is 6.22.